The lowest BCUT2D eigenvalue weighted by Crippen LogP contribution is -2.12. The maximum Gasteiger partial charge on any atom is 0.0962 e. The number of fused-ring (bicyclic) bond motifs is 1. The second-order valence-corrected chi connectivity index (χ2v) is 5.30. The normalized spacial score (nSPS) is 12.3. The molecule has 4 heteroatoms. The molecule has 1 atom stereocenters. The van der Waals surface area contributed by atoms with E-state index in [1.807, 2.05) is 42.5 Å². The van der Waals surface area contributed by atoms with Crippen LogP contribution in [0.3, 0.4) is 0 Å². The number of para-hydroxylation sites is 1. The minimum absolute atomic E-state index is 0.418. The summed E-state index contributed by atoms with van der Waals surface area (Å²) < 4.78 is 0. The summed E-state index contributed by atoms with van der Waals surface area (Å²) >= 11 is 5.84. The lowest BCUT2D eigenvalue weighted by Gasteiger charge is -2.13. The van der Waals surface area contributed by atoms with E-state index in [0.29, 0.717) is 11.6 Å². The molecule has 0 aliphatic rings. The number of pyridine rings is 1. The first kappa shape index (κ1) is 13.9. The van der Waals surface area contributed by atoms with Crippen molar-refractivity contribution in [3.63, 3.8) is 0 Å². The van der Waals surface area contributed by atoms with Crippen molar-refractivity contribution in [2.24, 2.45) is 0 Å². The third-order valence-corrected chi connectivity index (χ3v) is 3.60. The summed E-state index contributed by atoms with van der Waals surface area (Å²) in [4.78, 5) is 4.38. The van der Waals surface area contributed by atoms with Crippen LogP contribution in [0.5, 0.6) is 0 Å². The maximum absolute atomic E-state index is 10.2. The van der Waals surface area contributed by atoms with Gasteiger partial charge in [0.05, 0.1) is 23.5 Å². The highest BCUT2D eigenvalue weighted by Gasteiger charge is 2.07. The van der Waals surface area contributed by atoms with Crippen LogP contribution in [0.25, 0.3) is 10.9 Å². The second-order valence-electron chi connectivity index (χ2n) is 4.86. The molecule has 0 aliphatic heterocycles. The molecule has 2 N–H and O–H groups in total. The molecule has 0 bridgehead atoms. The van der Waals surface area contributed by atoms with E-state index in [0.717, 1.165) is 22.2 Å². The van der Waals surface area contributed by atoms with Crippen LogP contribution in [-0.4, -0.2) is 16.6 Å². The lowest BCUT2D eigenvalue weighted by molar-refractivity contribution is 0.191. The third kappa shape index (κ3) is 3.32. The van der Waals surface area contributed by atoms with Crippen molar-refractivity contribution >= 4 is 28.2 Å². The highest BCUT2D eigenvalue weighted by Crippen LogP contribution is 2.19. The average molecular weight is 299 g/mol. The molecule has 0 radical (unpaired) electrons. The average Bonchev–Trinajstić information content (AvgIpc) is 2.53. The fourth-order valence-electron chi connectivity index (χ4n) is 2.19. The number of hydrogen-bond acceptors (Lipinski definition) is 3. The molecule has 21 heavy (non-hydrogen) atoms. The molecule has 0 aliphatic carbocycles. The third-order valence-electron chi connectivity index (χ3n) is 3.34. The molecule has 1 aromatic heterocycles. The molecule has 0 saturated heterocycles. The van der Waals surface area contributed by atoms with Crippen molar-refractivity contribution in [2.45, 2.75) is 6.10 Å². The van der Waals surface area contributed by atoms with E-state index in [2.05, 4.69) is 10.3 Å². The molecular weight excluding hydrogens is 284 g/mol. The van der Waals surface area contributed by atoms with Crippen LogP contribution in [-0.2, 0) is 0 Å². The van der Waals surface area contributed by atoms with Crippen LogP contribution < -0.4 is 5.32 Å². The highest BCUT2D eigenvalue weighted by atomic mass is 35.5. The zero-order chi connectivity index (χ0) is 14.7. The molecule has 3 aromatic rings. The van der Waals surface area contributed by atoms with E-state index in [1.54, 1.807) is 18.3 Å². The van der Waals surface area contributed by atoms with Crippen LogP contribution in [0.1, 0.15) is 11.7 Å². The predicted octanol–water partition coefficient (Wildman–Crippen LogP) is 4.03. The number of halogens is 1. The molecule has 3 nitrogen and oxygen atoms in total. The minimum Gasteiger partial charge on any atom is -0.387 e. The van der Waals surface area contributed by atoms with Crippen LogP contribution >= 0.6 is 11.6 Å². The van der Waals surface area contributed by atoms with Gasteiger partial charge in [0.25, 0.3) is 0 Å². The van der Waals surface area contributed by atoms with E-state index in [-0.39, 0.29) is 0 Å². The summed E-state index contributed by atoms with van der Waals surface area (Å²) in [6.45, 7) is 0.418. The number of aliphatic hydroxyl groups is 1. The molecule has 1 heterocycles. The van der Waals surface area contributed by atoms with Gasteiger partial charge in [-0.1, -0.05) is 41.9 Å². The summed E-state index contributed by atoms with van der Waals surface area (Å²) in [6.07, 6.45) is 1.19. The molecule has 1 unspecified atom stereocenters. The first-order valence-corrected chi connectivity index (χ1v) is 7.12. The van der Waals surface area contributed by atoms with E-state index < -0.39 is 6.10 Å². The van der Waals surface area contributed by atoms with Crippen molar-refractivity contribution in [2.75, 3.05) is 11.9 Å². The fraction of sp³-hybridized carbons (Fsp3) is 0.118. The number of benzene rings is 2. The molecule has 2 aromatic carbocycles. The Labute approximate surface area is 128 Å². The smallest absolute Gasteiger partial charge is 0.0962 e. The molecule has 0 fully saturated rings. The van der Waals surface area contributed by atoms with Crippen molar-refractivity contribution in [3.05, 3.63) is 71.4 Å². The van der Waals surface area contributed by atoms with Crippen LogP contribution in [0.15, 0.2) is 60.8 Å². The van der Waals surface area contributed by atoms with Crippen LogP contribution in [0.2, 0.25) is 5.02 Å². The Bertz CT molecular complexity index is 743. The molecule has 0 spiro atoms. The summed E-state index contributed by atoms with van der Waals surface area (Å²) in [5, 5.41) is 15.1. The quantitative estimate of drug-likeness (QED) is 0.764. The van der Waals surface area contributed by atoms with Crippen LogP contribution in [0, 0.1) is 0 Å². The highest BCUT2D eigenvalue weighted by molar-refractivity contribution is 6.30. The van der Waals surface area contributed by atoms with Crippen molar-refractivity contribution in [3.8, 4) is 0 Å². The Hall–Kier alpha value is -2.10. The largest absolute Gasteiger partial charge is 0.387 e. The topological polar surface area (TPSA) is 45.1 Å². The van der Waals surface area contributed by atoms with Gasteiger partial charge in [-0.3, -0.25) is 4.98 Å². The Morgan fingerprint density at radius 2 is 1.86 bits per heavy atom. The lowest BCUT2D eigenvalue weighted by atomic mass is 10.1. The van der Waals surface area contributed by atoms with Crippen molar-refractivity contribution in [1.29, 1.82) is 0 Å². The molecular formula is C17H15ClN2O. The summed E-state index contributed by atoms with van der Waals surface area (Å²) in [7, 11) is 0. The standard InChI is InChI=1S/C17H15ClN2O/c18-14-7-5-12(6-8-14)17(21)11-19-15-9-13-3-1-2-4-16(13)20-10-15/h1-10,17,19,21H,11H2. The number of aliphatic hydroxyl groups excluding tert-OH is 1. The molecule has 0 saturated carbocycles. The zero-order valence-electron chi connectivity index (χ0n) is 11.3. The van der Waals surface area contributed by atoms with Gasteiger partial charge < -0.3 is 10.4 Å². The Morgan fingerprint density at radius 1 is 1.10 bits per heavy atom. The molecule has 106 valence electrons. The summed E-state index contributed by atoms with van der Waals surface area (Å²) in [5.74, 6) is 0. The van der Waals surface area contributed by atoms with Gasteiger partial charge in [-0.2, -0.15) is 0 Å². The first-order valence-electron chi connectivity index (χ1n) is 6.74. The number of rotatable bonds is 4. The molecule has 3 rings (SSSR count). The fourth-order valence-corrected chi connectivity index (χ4v) is 2.31. The number of aromatic nitrogens is 1. The number of anilines is 1. The number of hydrogen-bond donors (Lipinski definition) is 2. The van der Waals surface area contributed by atoms with Gasteiger partial charge >= 0.3 is 0 Å². The SMILES string of the molecule is OC(CNc1cnc2ccccc2c1)c1ccc(Cl)cc1. The van der Waals surface area contributed by atoms with Gasteiger partial charge in [-0.25, -0.2) is 0 Å². The van der Waals surface area contributed by atoms with E-state index in [1.165, 1.54) is 0 Å². The second kappa shape index (κ2) is 6.12. The van der Waals surface area contributed by atoms with Gasteiger partial charge in [0.15, 0.2) is 0 Å². The number of nitrogens with one attached hydrogen (secondary N) is 1. The zero-order valence-corrected chi connectivity index (χ0v) is 12.1. The van der Waals surface area contributed by atoms with Gasteiger partial charge in [0.2, 0.25) is 0 Å². The Kier molecular flexibility index (Phi) is 4.04. The van der Waals surface area contributed by atoms with Gasteiger partial charge in [-0.05, 0) is 29.8 Å². The van der Waals surface area contributed by atoms with Gasteiger partial charge in [0, 0.05) is 17.0 Å². The maximum atomic E-state index is 10.2. The summed E-state index contributed by atoms with van der Waals surface area (Å²) in [5.41, 5.74) is 2.68. The van der Waals surface area contributed by atoms with Gasteiger partial charge in [-0.15, -0.1) is 0 Å². The molecule has 0 amide bonds. The van der Waals surface area contributed by atoms with E-state index in [9.17, 15) is 5.11 Å². The summed E-state index contributed by atoms with van der Waals surface area (Å²) in [6, 6.07) is 17.2. The van der Waals surface area contributed by atoms with Crippen molar-refractivity contribution < 1.29 is 5.11 Å². The Morgan fingerprint density at radius 3 is 2.67 bits per heavy atom. The van der Waals surface area contributed by atoms with E-state index in [4.69, 9.17) is 11.6 Å². The van der Waals surface area contributed by atoms with E-state index >= 15 is 0 Å². The monoisotopic (exact) mass is 298 g/mol. The van der Waals surface area contributed by atoms with Crippen LogP contribution in [0.4, 0.5) is 5.69 Å². The van der Waals surface area contributed by atoms with Crippen molar-refractivity contribution in [1.82, 2.24) is 4.98 Å². The van der Waals surface area contributed by atoms with Gasteiger partial charge in [0.1, 0.15) is 0 Å². The minimum atomic E-state index is -0.589. The first-order chi connectivity index (χ1) is 10.2. The Balaban J connectivity index is 1.69. The number of nitrogens with zero attached hydrogens (tertiary/aromatic N) is 1. The predicted molar refractivity (Wildman–Crippen MR) is 86.6 cm³/mol.